The van der Waals surface area contributed by atoms with Gasteiger partial charge < -0.3 is 14.4 Å². The molecule has 0 bridgehead atoms. The quantitative estimate of drug-likeness (QED) is 0.827. The Kier molecular flexibility index (Phi) is 4.12. The van der Waals surface area contributed by atoms with E-state index in [-0.39, 0.29) is 18.2 Å². The number of nitrogens with zero attached hydrogens (tertiary/aromatic N) is 4. The first kappa shape index (κ1) is 16.3. The monoisotopic (exact) mass is 354 g/mol. The normalized spacial score (nSPS) is 25.0. The van der Waals surface area contributed by atoms with Crippen LogP contribution in [0.4, 0.5) is 19.0 Å². The van der Waals surface area contributed by atoms with Crippen molar-refractivity contribution >= 4 is 5.82 Å². The second-order valence-electron chi connectivity index (χ2n) is 6.17. The third-order valence-corrected chi connectivity index (χ3v) is 4.47. The van der Waals surface area contributed by atoms with Crippen molar-refractivity contribution in [2.24, 2.45) is 0 Å². The average molecular weight is 354 g/mol. The van der Waals surface area contributed by atoms with Gasteiger partial charge in [-0.3, -0.25) is 4.68 Å². The van der Waals surface area contributed by atoms with Crippen molar-refractivity contribution < 1.29 is 22.6 Å². The zero-order valence-electron chi connectivity index (χ0n) is 13.3. The third-order valence-electron chi connectivity index (χ3n) is 4.47. The van der Waals surface area contributed by atoms with Crippen molar-refractivity contribution in [2.75, 3.05) is 31.2 Å². The van der Waals surface area contributed by atoms with Crippen LogP contribution in [-0.4, -0.2) is 53.3 Å². The summed E-state index contributed by atoms with van der Waals surface area (Å²) in [4.78, 5) is 5.52. The van der Waals surface area contributed by atoms with Crippen molar-refractivity contribution in [1.82, 2.24) is 14.8 Å². The summed E-state index contributed by atoms with van der Waals surface area (Å²) in [5, 5.41) is 4.20. The number of rotatable bonds is 2. The molecule has 2 aromatic rings. The summed E-state index contributed by atoms with van der Waals surface area (Å²) in [6.07, 6.45) is -1.29. The number of ether oxygens (including phenoxy) is 2. The van der Waals surface area contributed by atoms with Gasteiger partial charge in [-0.15, -0.1) is 0 Å². The van der Waals surface area contributed by atoms with Gasteiger partial charge in [0.25, 0.3) is 0 Å². The molecule has 0 spiro atoms. The highest BCUT2D eigenvalue weighted by Crippen LogP contribution is 2.31. The number of hydrogen-bond donors (Lipinski definition) is 0. The lowest BCUT2D eigenvalue weighted by Crippen LogP contribution is -2.27. The van der Waals surface area contributed by atoms with Crippen molar-refractivity contribution in [3.63, 3.8) is 0 Å². The van der Waals surface area contributed by atoms with Gasteiger partial charge in [0.05, 0.1) is 19.3 Å². The molecule has 2 fully saturated rings. The smallest absolute Gasteiger partial charge is 0.371 e. The van der Waals surface area contributed by atoms with Gasteiger partial charge in [-0.2, -0.15) is 18.3 Å². The van der Waals surface area contributed by atoms with E-state index in [2.05, 4.69) is 10.1 Å². The first-order valence-corrected chi connectivity index (χ1v) is 8.02. The lowest BCUT2D eigenvalue weighted by molar-refractivity contribution is -0.141. The number of fused-ring (bicyclic) bond motifs is 1. The molecular formula is C16H17F3N4O2. The molecule has 2 aliphatic heterocycles. The third kappa shape index (κ3) is 3.34. The van der Waals surface area contributed by atoms with Crippen LogP contribution in [0.25, 0.3) is 0 Å². The molecule has 0 N–H and O–H groups in total. The highest BCUT2D eigenvalue weighted by Gasteiger charge is 2.39. The summed E-state index contributed by atoms with van der Waals surface area (Å²) >= 11 is 0. The van der Waals surface area contributed by atoms with Crippen LogP contribution >= 0.6 is 0 Å². The summed E-state index contributed by atoms with van der Waals surface area (Å²) in [6.45, 7) is 1.80. The number of halogens is 3. The van der Waals surface area contributed by atoms with Crippen LogP contribution in [-0.2, 0) is 15.7 Å². The van der Waals surface area contributed by atoms with Gasteiger partial charge in [0.2, 0.25) is 0 Å². The fourth-order valence-electron chi connectivity index (χ4n) is 3.18. The van der Waals surface area contributed by atoms with Crippen LogP contribution in [0.1, 0.15) is 11.7 Å². The molecule has 6 nitrogen and oxygen atoms in total. The predicted molar refractivity (Wildman–Crippen MR) is 82.2 cm³/mol. The van der Waals surface area contributed by atoms with Crippen LogP contribution < -0.4 is 4.90 Å². The number of alkyl halides is 3. The van der Waals surface area contributed by atoms with Crippen LogP contribution in [0.2, 0.25) is 0 Å². The molecule has 2 atom stereocenters. The fourth-order valence-corrected chi connectivity index (χ4v) is 3.18. The minimum Gasteiger partial charge on any atom is -0.371 e. The largest absolute Gasteiger partial charge is 0.433 e. The van der Waals surface area contributed by atoms with Crippen molar-refractivity contribution in [3.05, 3.63) is 42.4 Å². The van der Waals surface area contributed by atoms with Gasteiger partial charge >= 0.3 is 6.18 Å². The second-order valence-corrected chi connectivity index (χ2v) is 6.17. The van der Waals surface area contributed by atoms with Crippen LogP contribution in [0.3, 0.4) is 0 Å². The Labute approximate surface area is 142 Å². The van der Waals surface area contributed by atoms with E-state index in [0.29, 0.717) is 32.1 Å². The summed E-state index contributed by atoms with van der Waals surface area (Å²) in [6, 6.07) is 5.76. The Hall–Kier alpha value is -2.13. The Balaban J connectivity index is 1.45. The molecule has 25 heavy (non-hydrogen) atoms. The van der Waals surface area contributed by atoms with Gasteiger partial charge in [0.15, 0.2) is 0 Å². The lowest BCUT2D eigenvalue weighted by atomic mass is 10.3. The van der Waals surface area contributed by atoms with Crippen molar-refractivity contribution in [3.8, 4) is 0 Å². The highest BCUT2D eigenvalue weighted by molar-refractivity contribution is 5.42. The minimum atomic E-state index is -4.45. The maximum Gasteiger partial charge on any atom is 0.433 e. The maximum absolute atomic E-state index is 12.8. The average Bonchev–Trinajstić information content (AvgIpc) is 3.22. The predicted octanol–water partition coefficient (Wildman–Crippen LogP) is 2.14. The lowest BCUT2D eigenvalue weighted by Gasteiger charge is -2.20. The standard InChI is InChI=1S/C16H17F3N4O2/c17-16(18,19)14-3-1-4-15(21-14)22-7-12-13(8-22)25-10-11(9-24-12)23-6-2-5-20-23/h1-6,11-13H,7-10H2/t12-,13-/m0/s1. The molecule has 0 radical (unpaired) electrons. The maximum atomic E-state index is 12.8. The van der Waals surface area contributed by atoms with E-state index in [1.807, 2.05) is 12.3 Å². The molecule has 134 valence electrons. The molecule has 0 saturated carbocycles. The molecule has 2 aromatic heterocycles. The van der Waals surface area contributed by atoms with E-state index in [1.54, 1.807) is 21.8 Å². The van der Waals surface area contributed by atoms with E-state index in [9.17, 15) is 13.2 Å². The zero-order chi connectivity index (χ0) is 17.4. The van der Waals surface area contributed by atoms with E-state index >= 15 is 0 Å². The number of anilines is 1. The number of pyridine rings is 1. The Bertz CT molecular complexity index is 706. The fraction of sp³-hybridized carbons (Fsp3) is 0.500. The SMILES string of the molecule is FC(F)(F)c1cccc(N2C[C@@H]3OCC(n4cccn4)CO[C@H]3C2)n1. The minimum absolute atomic E-state index is 0.000678. The Morgan fingerprint density at radius 1 is 1.04 bits per heavy atom. The zero-order valence-corrected chi connectivity index (χ0v) is 13.3. The summed E-state index contributed by atoms with van der Waals surface area (Å²) in [5.41, 5.74) is -0.891. The molecule has 0 unspecified atom stereocenters. The Morgan fingerprint density at radius 3 is 2.36 bits per heavy atom. The molecular weight excluding hydrogens is 337 g/mol. The summed E-state index contributed by atoms with van der Waals surface area (Å²) < 4.78 is 52.2. The van der Waals surface area contributed by atoms with Crippen molar-refractivity contribution in [2.45, 2.75) is 24.4 Å². The van der Waals surface area contributed by atoms with Gasteiger partial charge in [-0.05, 0) is 18.2 Å². The van der Waals surface area contributed by atoms with Crippen LogP contribution in [0, 0.1) is 0 Å². The second kappa shape index (κ2) is 6.30. The van der Waals surface area contributed by atoms with Crippen molar-refractivity contribution in [1.29, 1.82) is 0 Å². The van der Waals surface area contributed by atoms with Gasteiger partial charge in [0, 0.05) is 25.5 Å². The van der Waals surface area contributed by atoms with Crippen LogP contribution in [0.15, 0.2) is 36.7 Å². The molecule has 0 amide bonds. The van der Waals surface area contributed by atoms with Gasteiger partial charge in [-0.25, -0.2) is 4.98 Å². The summed E-state index contributed by atoms with van der Waals surface area (Å²) in [5.74, 6) is 0.290. The van der Waals surface area contributed by atoms with Crippen LogP contribution in [0.5, 0.6) is 0 Å². The molecule has 0 aliphatic carbocycles. The molecule has 4 heterocycles. The molecule has 2 aliphatic rings. The highest BCUT2D eigenvalue weighted by atomic mass is 19.4. The molecule has 4 rings (SSSR count). The molecule has 2 saturated heterocycles. The van der Waals surface area contributed by atoms with E-state index in [4.69, 9.17) is 9.47 Å². The number of hydrogen-bond acceptors (Lipinski definition) is 5. The Morgan fingerprint density at radius 2 is 1.76 bits per heavy atom. The van der Waals surface area contributed by atoms with E-state index in [0.717, 1.165) is 6.07 Å². The topological polar surface area (TPSA) is 52.4 Å². The number of aromatic nitrogens is 3. The van der Waals surface area contributed by atoms with E-state index < -0.39 is 11.9 Å². The first-order valence-electron chi connectivity index (χ1n) is 8.02. The summed E-state index contributed by atoms with van der Waals surface area (Å²) in [7, 11) is 0. The first-order chi connectivity index (χ1) is 12.0. The van der Waals surface area contributed by atoms with Gasteiger partial charge in [0.1, 0.15) is 23.7 Å². The van der Waals surface area contributed by atoms with Gasteiger partial charge in [-0.1, -0.05) is 6.07 Å². The molecule has 0 aromatic carbocycles. The molecule has 9 heteroatoms. The van der Waals surface area contributed by atoms with E-state index in [1.165, 1.54) is 6.07 Å².